The molecule has 24 heavy (non-hydrogen) atoms. The summed E-state index contributed by atoms with van der Waals surface area (Å²) in [6.07, 6.45) is 1.24. The van der Waals surface area contributed by atoms with E-state index in [4.69, 9.17) is 5.26 Å². The van der Waals surface area contributed by atoms with Crippen LogP contribution in [-0.2, 0) is 5.75 Å². The van der Waals surface area contributed by atoms with Gasteiger partial charge in [0.2, 0.25) is 0 Å². The number of methoxy groups -OCH3 is 1. The predicted octanol–water partition coefficient (Wildman–Crippen LogP) is 1.87. The molecule has 1 aromatic carbocycles. The molecule has 2 heterocycles. The van der Waals surface area contributed by atoms with E-state index < -0.39 is 23.1 Å². The van der Waals surface area contributed by atoms with Crippen molar-refractivity contribution in [3.8, 4) is 11.8 Å². The van der Waals surface area contributed by atoms with Crippen LogP contribution in [0.3, 0.4) is 0 Å². The smallest absolute Gasteiger partial charge is 0.350 e. The summed E-state index contributed by atoms with van der Waals surface area (Å²) in [4.78, 5) is 18.5. The summed E-state index contributed by atoms with van der Waals surface area (Å²) in [7, 11) is 1.18. The molecule has 0 amide bonds. The zero-order valence-electron chi connectivity index (χ0n) is 12.2. The lowest BCUT2D eigenvalue weighted by molar-refractivity contribution is 0.359. The van der Waals surface area contributed by atoms with Crippen LogP contribution < -0.4 is 10.4 Å². The van der Waals surface area contributed by atoms with E-state index in [0.29, 0.717) is 5.56 Å². The molecule has 3 aromatic rings. The van der Waals surface area contributed by atoms with E-state index in [1.165, 1.54) is 13.3 Å². The number of fused-ring (bicyclic) bond motifs is 1. The van der Waals surface area contributed by atoms with Crippen molar-refractivity contribution in [1.82, 2.24) is 19.6 Å². The number of nitrogens with zero attached hydrogens (tertiary/aromatic N) is 4. The van der Waals surface area contributed by atoms with E-state index >= 15 is 0 Å². The first-order valence-electron chi connectivity index (χ1n) is 6.56. The average Bonchev–Trinajstić information content (AvgIpc) is 2.96. The Labute approximate surface area is 137 Å². The van der Waals surface area contributed by atoms with E-state index in [0.717, 1.165) is 28.4 Å². The zero-order valence-corrected chi connectivity index (χ0v) is 13.0. The fourth-order valence-electron chi connectivity index (χ4n) is 2.06. The molecule has 7 nitrogen and oxygen atoms in total. The number of aromatic amines is 1. The fourth-order valence-corrected chi connectivity index (χ4v) is 2.84. The van der Waals surface area contributed by atoms with Gasteiger partial charge in [-0.25, -0.2) is 18.6 Å². The lowest BCUT2D eigenvalue weighted by Gasteiger charge is -2.06. The van der Waals surface area contributed by atoms with Crippen LogP contribution in [0.25, 0.3) is 5.65 Å². The molecule has 2 aromatic heterocycles. The molecule has 122 valence electrons. The highest BCUT2D eigenvalue weighted by Gasteiger charge is 2.13. The Bertz CT molecular complexity index is 1000. The first kappa shape index (κ1) is 15.9. The molecular weight excluding hydrogens is 340 g/mol. The van der Waals surface area contributed by atoms with E-state index in [1.807, 2.05) is 6.07 Å². The highest BCUT2D eigenvalue weighted by atomic mass is 32.2. The summed E-state index contributed by atoms with van der Waals surface area (Å²) in [6.45, 7) is 0. The minimum absolute atomic E-state index is 0.121. The number of nitrogens with one attached hydrogen (secondary N) is 1. The van der Waals surface area contributed by atoms with Gasteiger partial charge in [-0.15, -0.1) is 0 Å². The molecule has 0 atom stereocenters. The second kappa shape index (κ2) is 6.29. The molecule has 0 radical (unpaired) electrons. The van der Waals surface area contributed by atoms with Gasteiger partial charge in [0.15, 0.2) is 28.2 Å². The topological polar surface area (TPSA) is 96.1 Å². The van der Waals surface area contributed by atoms with Gasteiger partial charge < -0.3 is 4.74 Å². The first-order valence-corrected chi connectivity index (χ1v) is 7.55. The van der Waals surface area contributed by atoms with Crippen molar-refractivity contribution in [1.29, 1.82) is 5.26 Å². The Balaban J connectivity index is 1.89. The Morgan fingerprint density at radius 1 is 1.42 bits per heavy atom. The summed E-state index contributed by atoms with van der Waals surface area (Å²) in [5.74, 6) is -1.91. The third-order valence-electron chi connectivity index (χ3n) is 3.12. The summed E-state index contributed by atoms with van der Waals surface area (Å²) >= 11 is 1.06. The van der Waals surface area contributed by atoms with Crippen LogP contribution in [0.1, 0.15) is 11.1 Å². The third kappa shape index (κ3) is 2.81. The van der Waals surface area contributed by atoms with Crippen LogP contribution in [0.15, 0.2) is 28.3 Å². The summed E-state index contributed by atoms with van der Waals surface area (Å²) < 4.78 is 32.9. The van der Waals surface area contributed by atoms with Gasteiger partial charge in [0.1, 0.15) is 11.6 Å². The molecule has 10 heteroatoms. The quantitative estimate of drug-likeness (QED) is 0.723. The highest BCUT2D eigenvalue weighted by molar-refractivity contribution is 7.98. The third-order valence-corrected chi connectivity index (χ3v) is 4.06. The van der Waals surface area contributed by atoms with Crippen molar-refractivity contribution in [3.63, 3.8) is 0 Å². The number of H-pyrrole nitrogens is 1. The maximum absolute atomic E-state index is 13.7. The van der Waals surface area contributed by atoms with Crippen molar-refractivity contribution < 1.29 is 13.5 Å². The minimum Gasteiger partial charge on any atom is -0.491 e. The Kier molecular flexibility index (Phi) is 4.18. The van der Waals surface area contributed by atoms with Crippen LogP contribution in [-0.4, -0.2) is 26.7 Å². The monoisotopic (exact) mass is 349 g/mol. The van der Waals surface area contributed by atoms with Gasteiger partial charge in [-0.1, -0.05) is 11.8 Å². The van der Waals surface area contributed by atoms with E-state index in [-0.39, 0.29) is 22.1 Å². The van der Waals surface area contributed by atoms with Gasteiger partial charge >= 0.3 is 5.69 Å². The predicted molar refractivity (Wildman–Crippen MR) is 80.8 cm³/mol. The lowest BCUT2D eigenvalue weighted by Crippen LogP contribution is -2.19. The highest BCUT2D eigenvalue weighted by Crippen LogP contribution is 2.26. The number of nitriles is 1. The van der Waals surface area contributed by atoms with E-state index in [1.54, 1.807) is 0 Å². The van der Waals surface area contributed by atoms with Gasteiger partial charge in [-0.2, -0.15) is 14.9 Å². The van der Waals surface area contributed by atoms with E-state index in [9.17, 15) is 13.6 Å². The van der Waals surface area contributed by atoms with Crippen molar-refractivity contribution in [2.75, 3.05) is 7.11 Å². The summed E-state index contributed by atoms with van der Waals surface area (Å²) in [6, 6.07) is 4.17. The molecule has 0 aliphatic heterocycles. The van der Waals surface area contributed by atoms with Crippen molar-refractivity contribution >= 4 is 17.4 Å². The van der Waals surface area contributed by atoms with Crippen LogP contribution in [0.4, 0.5) is 8.78 Å². The molecule has 0 saturated carbocycles. The van der Waals surface area contributed by atoms with Gasteiger partial charge in [0.25, 0.3) is 0 Å². The second-order valence-corrected chi connectivity index (χ2v) is 5.60. The number of aromatic nitrogens is 4. The van der Waals surface area contributed by atoms with Crippen LogP contribution in [0.5, 0.6) is 5.75 Å². The minimum atomic E-state index is -0.812. The second-order valence-electron chi connectivity index (χ2n) is 4.63. The zero-order chi connectivity index (χ0) is 17.3. The van der Waals surface area contributed by atoms with Crippen LogP contribution in [0.2, 0.25) is 0 Å². The SMILES string of the molecule is COc1c(F)cc(CSc2nc3c(C#N)cnn3c(=O)[nH]2)cc1F. The van der Waals surface area contributed by atoms with Gasteiger partial charge in [0.05, 0.1) is 13.3 Å². The molecule has 0 aliphatic carbocycles. The van der Waals surface area contributed by atoms with Gasteiger partial charge in [0, 0.05) is 5.75 Å². The Morgan fingerprint density at radius 3 is 2.75 bits per heavy atom. The number of ether oxygens (including phenoxy) is 1. The molecule has 3 rings (SSSR count). The number of hydrogen-bond donors (Lipinski definition) is 1. The van der Waals surface area contributed by atoms with Crippen LogP contribution >= 0.6 is 11.8 Å². The van der Waals surface area contributed by atoms with Crippen molar-refractivity contribution in [2.24, 2.45) is 0 Å². The van der Waals surface area contributed by atoms with Crippen LogP contribution in [0, 0.1) is 23.0 Å². The lowest BCUT2D eigenvalue weighted by atomic mass is 10.2. The standard InChI is InChI=1S/C14H9F2N5O2S/c1-23-11-9(15)2-7(3-10(11)16)6-24-13-19-12-8(4-17)5-18-21(12)14(22)20-13/h2-3,5H,6H2,1H3,(H,19,20,22). The molecule has 0 spiro atoms. The average molecular weight is 349 g/mol. The Morgan fingerprint density at radius 2 is 2.12 bits per heavy atom. The maximum atomic E-state index is 13.7. The molecule has 0 bridgehead atoms. The van der Waals surface area contributed by atoms with Gasteiger partial charge in [-0.05, 0) is 17.7 Å². The Hall–Kier alpha value is -2.93. The molecule has 1 N–H and O–H groups in total. The number of halogens is 2. The molecular formula is C14H9F2N5O2S. The normalized spacial score (nSPS) is 10.8. The van der Waals surface area contributed by atoms with Crippen molar-refractivity contribution in [2.45, 2.75) is 10.9 Å². The molecule has 0 saturated heterocycles. The number of thioether (sulfide) groups is 1. The number of benzene rings is 1. The molecule has 0 unspecified atom stereocenters. The molecule has 0 fully saturated rings. The van der Waals surface area contributed by atoms with E-state index in [2.05, 4.69) is 19.8 Å². The maximum Gasteiger partial charge on any atom is 0.350 e. The summed E-state index contributed by atoms with van der Waals surface area (Å²) in [5.41, 5.74) is 0.0729. The molecule has 0 aliphatic rings. The number of hydrogen-bond acceptors (Lipinski definition) is 6. The van der Waals surface area contributed by atoms with Gasteiger partial charge in [-0.3, -0.25) is 4.98 Å². The fraction of sp³-hybridized carbons (Fsp3) is 0.143. The largest absolute Gasteiger partial charge is 0.491 e. The first-order chi connectivity index (χ1) is 11.5. The number of rotatable bonds is 4. The summed E-state index contributed by atoms with van der Waals surface area (Å²) in [5, 5.41) is 12.9. The van der Waals surface area contributed by atoms with Crippen molar-refractivity contribution in [3.05, 3.63) is 51.6 Å².